The molecule has 1 unspecified atom stereocenters. The van der Waals surface area contributed by atoms with E-state index in [1.807, 2.05) is 12.1 Å². The van der Waals surface area contributed by atoms with E-state index in [9.17, 15) is 9.59 Å². The number of carbonyl (C=O) groups is 2. The van der Waals surface area contributed by atoms with E-state index < -0.39 is 0 Å². The lowest BCUT2D eigenvalue weighted by Crippen LogP contribution is -2.45. The van der Waals surface area contributed by atoms with Gasteiger partial charge < -0.3 is 16.0 Å². The predicted molar refractivity (Wildman–Crippen MR) is 73.4 cm³/mol. The summed E-state index contributed by atoms with van der Waals surface area (Å²) in [5.41, 5.74) is 7.21. The first-order valence-electron chi connectivity index (χ1n) is 6.47. The molecule has 1 aromatic carbocycles. The van der Waals surface area contributed by atoms with Gasteiger partial charge in [0.2, 0.25) is 11.8 Å². The van der Waals surface area contributed by atoms with Crippen LogP contribution in [0.15, 0.2) is 24.3 Å². The minimum absolute atomic E-state index is 0.00382. The van der Waals surface area contributed by atoms with Crippen LogP contribution in [0.3, 0.4) is 0 Å². The van der Waals surface area contributed by atoms with E-state index in [4.69, 9.17) is 5.73 Å². The van der Waals surface area contributed by atoms with E-state index in [1.165, 1.54) is 0 Å². The third-order valence-corrected chi connectivity index (χ3v) is 3.46. The van der Waals surface area contributed by atoms with Gasteiger partial charge in [-0.2, -0.15) is 0 Å². The Balaban J connectivity index is 2.03. The Morgan fingerprint density at radius 2 is 2.05 bits per heavy atom. The molecule has 1 aliphatic rings. The molecule has 1 aliphatic heterocycles. The zero-order valence-electron chi connectivity index (χ0n) is 11.1. The molecule has 1 heterocycles. The van der Waals surface area contributed by atoms with Crippen molar-refractivity contribution in [3.8, 4) is 0 Å². The fourth-order valence-electron chi connectivity index (χ4n) is 2.42. The highest BCUT2D eigenvalue weighted by Gasteiger charge is 2.33. The maximum atomic E-state index is 12.2. The average molecular weight is 261 g/mol. The lowest BCUT2D eigenvalue weighted by atomic mass is 10.1. The molecule has 1 atom stereocenters. The Morgan fingerprint density at radius 1 is 1.37 bits per heavy atom. The van der Waals surface area contributed by atoms with Gasteiger partial charge in [0, 0.05) is 19.3 Å². The second-order valence-corrected chi connectivity index (χ2v) is 4.78. The van der Waals surface area contributed by atoms with Gasteiger partial charge in [-0.25, -0.2) is 0 Å². The lowest BCUT2D eigenvalue weighted by Gasteiger charge is -2.23. The molecule has 0 radical (unpaired) electrons. The summed E-state index contributed by atoms with van der Waals surface area (Å²) in [5.74, 6) is -0.0842. The van der Waals surface area contributed by atoms with Gasteiger partial charge in [-0.3, -0.25) is 9.59 Å². The van der Waals surface area contributed by atoms with E-state index in [-0.39, 0.29) is 17.9 Å². The standard InChI is InChI=1S/C14H19N3O2/c1-16-14(19)12-3-2-8-17(12)13(18)9-10-4-6-11(15)7-5-10/h4-7,12H,2-3,8-9,15H2,1H3,(H,16,19). The van der Waals surface area contributed by atoms with Crippen molar-refractivity contribution < 1.29 is 9.59 Å². The van der Waals surface area contributed by atoms with Gasteiger partial charge in [-0.1, -0.05) is 12.1 Å². The molecule has 0 bridgehead atoms. The summed E-state index contributed by atoms with van der Waals surface area (Å²) in [6, 6.07) is 6.94. The monoisotopic (exact) mass is 261 g/mol. The van der Waals surface area contributed by atoms with Crippen LogP contribution in [0, 0.1) is 0 Å². The molecule has 3 N–H and O–H groups in total. The Hall–Kier alpha value is -2.04. The quantitative estimate of drug-likeness (QED) is 0.780. The van der Waals surface area contributed by atoms with Crippen LogP contribution in [0.4, 0.5) is 5.69 Å². The molecular weight excluding hydrogens is 242 g/mol. The third kappa shape index (κ3) is 3.05. The van der Waals surface area contributed by atoms with Crippen molar-refractivity contribution in [3.63, 3.8) is 0 Å². The summed E-state index contributed by atoms with van der Waals surface area (Å²) in [6.07, 6.45) is 1.94. The number of likely N-dealkylation sites (tertiary alicyclic amines) is 1. The number of benzene rings is 1. The third-order valence-electron chi connectivity index (χ3n) is 3.46. The Labute approximate surface area is 112 Å². The van der Waals surface area contributed by atoms with Crippen molar-refractivity contribution in [2.75, 3.05) is 19.3 Å². The number of likely N-dealkylation sites (N-methyl/N-ethyl adjacent to an activating group) is 1. The topological polar surface area (TPSA) is 75.4 Å². The molecule has 0 spiro atoms. The van der Waals surface area contributed by atoms with Gasteiger partial charge in [0.05, 0.1) is 6.42 Å². The van der Waals surface area contributed by atoms with Crippen LogP contribution in [0.2, 0.25) is 0 Å². The molecule has 5 nitrogen and oxygen atoms in total. The smallest absolute Gasteiger partial charge is 0.242 e. The van der Waals surface area contributed by atoms with E-state index in [2.05, 4.69) is 5.32 Å². The molecule has 1 saturated heterocycles. The molecule has 2 amide bonds. The number of nitrogens with one attached hydrogen (secondary N) is 1. The first kappa shape index (κ1) is 13.4. The number of hydrogen-bond donors (Lipinski definition) is 2. The highest BCUT2D eigenvalue weighted by molar-refractivity contribution is 5.88. The maximum absolute atomic E-state index is 12.2. The Morgan fingerprint density at radius 3 is 2.68 bits per heavy atom. The number of amides is 2. The minimum Gasteiger partial charge on any atom is -0.399 e. The summed E-state index contributed by atoms with van der Waals surface area (Å²) in [7, 11) is 1.60. The number of hydrogen-bond acceptors (Lipinski definition) is 3. The van der Waals surface area contributed by atoms with Gasteiger partial charge in [-0.15, -0.1) is 0 Å². The summed E-state index contributed by atoms with van der Waals surface area (Å²) >= 11 is 0. The molecule has 0 saturated carbocycles. The van der Waals surface area contributed by atoms with Crippen LogP contribution in [0.25, 0.3) is 0 Å². The summed E-state index contributed by atoms with van der Waals surface area (Å²) in [5, 5.41) is 2.61. The first-order chi connectivity index (χ1) is 9.11. The van der Waals surface area contributed by atoms with E-state index in [1.54, 1.807) is 24.1 Å². The first-order valence-corrected chi connectivity index (χ1v) is 6.47. The van der Waals surface area contributed by atoms with Crippen LogP contribution >= 0.6 is 0 Å². The summed E-state index contributed by atoms with van der Waals surface area (Å²) in [4.78, 5) is 25.6. The molecule has 0 aliphatic carbocycles. The number of rotatable bonds is 3. The van der Waals surface area contributed by atoms with Crippen molar-refractivity contribution in [2.24, 2.45) is 0 Å². The number of nitrogens with zero attached hydrogens (tertiary/aromatic N) is 1. The fraction of sp³-hybridized carbons (Fsp3) is 0.429. The normalized spacial score (nSPS) is 18.4. The zero-order chi connectivity index (χ0) is 13.8. The van der Waals surface area contributed by atoms with Crippen LogP contribution < -0.4 is 11.1 Å². The second kappa shape index (κ2) is 5.73. The van der Waals surface area contributed by atoms with Crippen molar-refractivity contribution in [1.82, 2.24) is 10.2 Å². The number of anilines is 1. The molecule has 1 aromatic rings. The summed E-state index contributed by atoms with van der Waals surface area (Å²) in [6.45, 7) is 0.659. The highest BCUT2D eigenvalue weighted by atomic mass is 16.2. The van der Waals surface area contributed by atoms with Crippen molar-refractivity contribution in [1.29, 1.82) is 0 Å². The maximum Gasteiger partial charge on any atom is 0.242 e. The van der Waals surface area contributed by atoms with Gasteiger partial charge in [0.25, 0.3) is 0 Å². The Bertz CT molecular complexity index is 470. The van der Waals surface area contributed by atoms with Crippen LogP contribution in [0.5, 0.6) is 0 Å². The average Bonchev–Trinajstić information content (AvgIpc) is 2.90. The summed E-state index contributed by atoms with van der Waals surface area (Å²) < 4.78 is 0. The minimum atomic E-state index is -0.314. The zero-order valence-corrected chi connectivity index (χ0v) is 11.1. The molecule has 2 rings (SSSR count). The molecule has 102 valence electrons. The highest BCUT2D eigenvalue weighted by Crippen LogP contribution is 2.19. The van der Waals surface area contributed by atoms with E-state index in [0.717, 1.165) is 18.4 Å². The van der Waals surface area contributed by atoms with Gasteiger partial charge >= 0.3 is 0 Å². The van der Waals surface area contributed by atoms with Gasteiger partial charge in [0.15, 0.2) is 0 Å². The van der Waals surface area contributed by atoms with Crippen LogP contribution in [-0.4, -0.2) is 36.3 Å². The molecule has 19 heavy (non-hydrogen) atoms. The van der Waals surface area contributed by atoms with Crippen molar-refractivity contribution in [2.45, 2.75) is 25.3 Å². The number of nitrogens with two attached hydrogens (primary N) is 1. The Kier molecular flexibility index (Phi) is 4.04. The van der Waals surface area contributed by atoms with Crippen LogP contribution in [0.1, 0.15) is 18.4 Å². The van der Waals surface area contributed by atoms with E-state index >= 15 is 0 Å². The van der Waals surface area contributed by atoms with Crippen LogP contribution in [-0.2, 0) is 16.0 Å². The molecule has 1 fully saturated rings. The van der Waals surface area contributed by atoms with Crippen molar-refractivity contribution in [3.05, 3.63) is 29.8 Å². The predicted octanol–water partition coefficient (Wildman–Crippen LogP) is 0.548. The van der Waals surface area contributed by atoms with Gasteiger partial charge in [0.1, 0.15) is 6.04 Å². The largest absolute Gasteiger partial charge is 0.399 e. The molecule has 0 aromatic heterocycles. The SMILES string of the molecule is CNC(=O)C1CCCN1C(=O)Cc1ccc(N)cc1. The van der Waals surface area contributed by atoms with Crippen molar-refractivity contribution >= 4 is 17.5 Å². The molecular formula is C14H19N3O2. The van der Waals surface area contributed by atoms with E-state index in [0.29, 0.717) is 18.7 Å². The number of carbonyl (C=O) groups excluding carboxylic acids is 2. The molecule has 5 heteroatoms. The van der Waals surface area contributed by atoms with Gasteiger partial charge in [-0.05, 0) is 30.5 Å². The second-order valence-electron chi connectivity index (χ2n) is 4.78. The fourth-order valence-corrected chi connectivity index (χ4v) is 2.42. The lowest BCUT2D eigenvalue weighted by molar-refractivity contribution is -0.137. The number of nitrogen functional groups attached to an aromatic ring is 1.